The van der Waals surface area contributed by atoms with Crippen molar-refractivity contribution in [2.24, 2.45) is 5.41 Å². The molecular weight excluding hydrogens is 533 g/mol. The van der Waals surface area contributed by atoms with Gasteiger partial charge in [0.2, 0.25) is 5.91 Å². The summed E-state index contributed by atoms with van der Waals surface area (Å²) in [5, 5.41) is 14.7. The van der Waals surface area contributed by atoms with Gasteiger partial charge in [0.05, 0.1) is 6.10 Å². The summed E-state index contributed by atoms with van der Waals surface area (Å²) < 4.78 is 60.1. The number of likely N-dealkylation sites (tertiary alicyclic amines) is 2. The molecule has 4 aliphatic rings. The third kappa shape index (κ3) is 5.31. The van der Waals surface area contributed by atoms with Crippen LogP contribution in [-0.2, 0) is 19.7 Å². The number of nitrogens with zero attached hydrogens (tertiary/aromatic N) is 4. The standard InChI is InChI=1S/C27H39F3N4O6/c1-24(2,3)39-23(37)34-16-25(8-6-9-25)19(35)15-17(34)21(36)33-12-10-26(11-13-33,27(28,29)30)22-31-20(40-32-22)18-7-4-5-14-38-18/h17-19,35H,4-16H2,1-3H3/t17-,18?,19+/m0/s1. The van der Waals surface area contributed by atoms with E-state index in [-0.39, 0.29) is 31.9 Å². The van der Waals surface area contributed by atoms with E-state index in [1.807, 2.05) is 0 Å². The van der Waals surface area contributed by atoms with E-state index in [4.69, 9.17) is 14.0 Å². The molecule has 4 fully saturated rings. The zero-order valence-corrected chi connectivity index (χ0v) is 23.3. The first-order valence-electron chi connectivity index (χ1n) is 14.2. The molecule has 1 saturated carbocycles. The summed E-state index contributed by atoms with van der Waals surface area (Å²) in [5.74, 6) is -0.878. The summed E-state index contributed by atoms with van der Waals surface area (Å²) in [6.07, 6.45) is -2.75. The van der Waals surface area contributed by atoms with Crippen molar-refractivity contribution in [3.05, 3.63) is 11.7 Å². The number of hydrogen-bond donors (Lipinski definition) is 1. The number of aliphatic hydroxyl groups excluding tert-OH is 1. The molecule has 3 atom stereocenters. The molecule has 224 valence electrons. The van der Waals surface area contributed by atoms with E-state index < -0.39 is 71.5 Å². The maximum atomic E-state index is 14.6. The quantitative estimate of drug-likeness (QED) is 0.571. The van der Waals surface area contributed by atoms with Crippen molar-refractivity contribution in [3.63, 3.8) is 0 Å². The van der Waals surface area contributed by atoms with E-state index in [1.165, 1.54) is 9.80 Å². The van der Waals surface area contributed by atoms with E-state index in [1.54, 1.807) is 20.8 Å². The monoisotopic (exact) mass is 572 g/mol. The Morgan fingerprint density at radius 1 is 1.07 bits per heavy atom. The fourth-order valence-electron chi connectivity index (χ4n) is 6.46. The highest BCUT2D eigenvalue weighted by Crippen LogP contribution is 2.50. The van der Waals surface area contributed by atoms with E-state index >= 15 is 0 Å². The molecule has 0 aromatic carbocycles. The number of hydrogen-bond acceptors (Lipinski definition) is 8. The molecule has 1 aromatic rings. The van der Waals surface area contributed by atoms with Crippen molar-refractivity contribution in [1.29, 1.82) is 0 Å². The van der Waals surface area contributed by atoms with Gasteiger partial charge < -0.3 is 24.0 Å². The van der Waals surface area contributed by atoms with Gasteiger partial charge in [0, 0.05) is 38.1 Å². The summed E-state index contributed by atoms with van der Waals surface area (Å²) in [6.45, 7) is 5.43. The number of halogens is 3. The topological polar surface area (TPSA) is 118 Å². The second-order valence-corrected chi connectivity index (χ2v) is 12.8. The highest BCUT2D eigenvalue weighted by Gasteiger charge is 2.61. The first kappa shape index (κ1) is 29.1. The van der Waals surface area contributed by atoms with Crippen LogP contribution in [0.5, 0.6) is 0 Å². The Labute approximate surface area is 231 Å². The van der Waals surface area contributed by atoms with Gasteiger partial charge in [0.1, 0.15) is 23.2 Å². The summed E-state index contributed by atoms with van der Waals surface area (Å²) in [5.41, 5.74) is -3.64. The van der Waals surface area contributed by atoms with E-state index in [0.29, 0.717) is 13.0 Å². The lowest BCUT2D eigenvalue weighted by Crippen LogP contribution is -2.65. The van der Waals surface area contributed by atoms with Crippen molar-refractivity contribution in [1.82, 2.24) is 19.9 Å². The number of piperidine rings is 2. The molecule has 1 aromatic heterocycles. The van der Waals surface area contributed by atoms with Crippen molar-refractivity contribution >= 4 is 12.0 Å². The Hall–Kier alpha value is -2.41. The first-order chi connectivity index (χ1) is 18.7. The van der Waals surface area contributed by atoms with E-state index in [9.17, 15) is 27.9 Å². The van der Waals surface area contributed by atoms with Gasteiger partial charge in [-0.3, -0.25) is 9.69 Å². The number of alkyl halides is 3. The lowest BCUT2D eigenvalue weighted by Gasteiger charge is -2.54. The van der Waals surface area contributed by atoms with Crippen molar-refractivity contribution in [3.8, 4) is 0 Å². The Kier molecular flexibility index (Phi) is 7.60. The van der Waals surface area contributed by atoms with Gasteiger partial charge in [-0.1, -0.05) is 11.6 Å². The highest BCUT2D eigenvalue weighted by atomic mass is 19.4. The SMILES string of the molecule is CC(C)(C)OC(=O)N1CC2(CCC2)[C@H](O)C[C@H]1C(=O)N1CCC(c2noc(C3CCCCO3)n2)(C(F)(F)F)CC1. The van der Waals surface area contributed by atoms with Crippen LogP contribution in [-0.4, -0.2) is 87.2 Å². The predicted octanol–water partition coefficient (Wildman–Crippen LogP) is 4.27. The molecule has 1 unspecified atom stereocenters. The lowest BCUT2D eigenvalue weighted by molar-refractivity contribution is -0.207. The first-order valence-corrected chi connectivity index (χ1v) is 14.2. The van der Waals surface area contributed by atoms with Gasteiger partial charge >= 0.3 is 12.3 Å². The summed E-state index contributed by atoms with van der Waals surface area (Å²) in [7, 11) is 0. The minimum Gasteiger partial charge on any atom is -0.444 e. The van der Waals surface area contributed by atoms with Crippen LogP contribution in [0.4, 0.5) is 18.0 Å². The Morgan fingerprint density at radius 3 is 2.33 bits per heavy atom. The fourth-order valence-corrected chi connectivity index (χ4v) is 6.46. The minimum absolute atomic E-state index is 0.0224. The van der Waals surface area contributed by atoms with Gasteiger partial charge in [-0.25, -0.2) is 4.79 Å². The molecule has 1 aliphatic carbocycles. The molecule has 3 saturated heterocycles. The molecule has 4 heterocycles. The number of aromatic nitrogens is 2. The fraction of sp³-hybridized carbons (Fsp3) is 0.852. The number of amides is 2. The zero-order chi connectivity index (χ0) is 28.9. The Morgan fingerprint density at radius 2 is 1.77 bits per heavy atom. The normalized spacial score (nSPS) is 28.7. The molecule has 0 radical (unpaired) electrons. The summed E-state index contributed by atoms with van der Waals surface area (Å²) in [6, 6.07) is -1.02. The smallest absolute Gasteiger partial charge is 0.410 e. The second-order valence-electron chi connectivity index (χ2n) is 12.8. The van der Waals surface area contributed by atoms with Gasteiger partial charge in [0.15, 0.2) is 5.82 Å². The van der Waals surface area contributed by atoms with Crippen LogP contribution in [0.1, 0.15) is 96.4 Å². The van der Waals surface area contributed by atoms with Crippen molar-refractivity contribution in [2.45, 2.75) is 114 Å². The molecule has 3 aliphatic heterocycles. The third-order valence-electron chi connectivity index (χ3n) is 9.07. The molecule has 5 rings (SSSR count). The molecule has 1 N–H and O–H groups in total. The molecule has 10 nitrogen and oxygen atoms in total. The molecule has 13 heteroatoms. The Balaban J connectivity index is 1.33. The molecule has 2 amide bonds. The van der Waals surface area contributed by atoms with Gasteiger partial charge in [-0.15, -0.1) is 0 Å². The third-order valence-corrected chi connectivity index (χ3v) is 9.07. The van der Waals surface area contributed by atoms with Crippen LogP contribution < -0.4 is 0 Å². The zero-order valence-electron chi connectivity index (χ0n) is 23.3. The average Bonchev–Trinajstić information content (AvgIpc) is 3.37. The van der Waals surface area contributed by atoms with Crippen molar-refractivity contribution < 1.29 is 41.9 Å². The summed E-state index contributed by atoms with van der Waals surface area (Å²) >= 11 is 0. The molecule has 0 bridgehead atoms. The highest BCUT2D eigenvalue weighted by molar-refractivity contribution is 5.86. The second kappa shape index (κ2) is 10.5. The number of aliphatic hydroxyl groups is 1. The molecular formula is C27H39F3N4O6. The van der Waals surface area contributed by atoms with Gasteiger partial charge in [0.25, 0.3) is 5.89 Å². The Bertz CT molecular complexity index is 1080. The molecule has 1 spiro atoms. The number of carbonyl (C=O) groups is 2. The largest absolute Gasteiger partial charge is 0.444 e. The van der Waals surface area contributed by atoms with Crippen LogP contribution in [0.15, 0.2) is 4.52 Å². The number of rotatable bonds is 3. The predicted molar refractivity (Wildman–Crippen MR) is 134 cm³/mol. The molecule has 40 heavy (non-hydrogen) atoms. The lowest BCUT2D eigenvalue weighted by atomic mass is 9.61. The van der Waals surface area contributed by atoms with Gasteiger partial charge in [-0.2, -0.15) is 18.2 Å². The van der Waals surface area contributed by atoms with E-state index in [0.717, 1.165) is 32.1 Å². The van der Waals surface area contributed by atoms with Crippen LogP contribution in [0, 0.1) is 5.41 Å². The number of carbonyl (C=O) groups excluding carboxylic acids is 2. The minimum atomic E-state index is -4.67. The van der Waals surface area contributed by atoms with Gasteiger partial charge in [-0.05, 0) is 65.7 Å². The van der Waals surface area contributed by atoms with Crippen LogP contribution >= 0.6 is 0 Å². The maximum absolute atomic E-state index is 14.6. The average molecular weight is 573 g/mol. The maximum Gasteiger partial charge on any atom is 0.410 e. The van der Waals surface area contributed by atoms with E-state index in [2.05, 4.69) is 10.1 Å². The van der Waals surface area contributed by atoms with Crippen LogP contribution in [0.3, 0.4) is 0 Å². The summed E-state index contributed by atoms with van der Waals surface area (Å²) in [4.78, 5) is 33.7. The van der Waals surface area contributed by atoms with Crippen LogP contribution in [0.25, 0.3) is 0 Å². The number of ether oxygens (including phenoxy) is 2. The van der Waals surface area contributed by atoms with Crippen molar-refractivity contribution in [2.75, 3.05) is 26.2 Å². The van der Waals surface area contributed by atoms with Crippen LogP contribution in [0.2, 0.25) is 0 Å².